The average Bonchev–Trinajstić information content (AvgIpc) is 2.77. The summed E-state index contributed by atoms with van der Waals surface area (Å²) in [5.74, 6) is -0.641. The predicted octanol–water partition coefficient (Wildman–Crippen LogP) is 2.98. The van der Waals surface area contributed by atoms with Crippen molar-refractivity contribution in [1.82, 2.24) is 20.1 Å². The third-order valence-corrected chi connectivity index (χ3v) is 4.07. The summed E-state index contributed by atoms with van der Waals surface area (Å²) in [6.07, 6.45) is -4.72. The lowest BCUT2D eigenvalue weighted by Gasteiger charge is -2.13. The summed E-state index contributed by atoms with van der Waals surface area (Å²) in [5, 5.41) is 11.3. The van der Waals surface area contributed by atoms with E-state index >= 15 is 0 Å². The Kier molecular flexibility index (Phi) is 5.07. The zero-order chi connectivity index (χ0) is 16.3. The number of hydrogen-bond donors (Lipinski definition) is 1. The van der Waals surface area contributed by atoms with Crippen molar-refractivity contribution >= 4 is 11.8 Å². The molecule has 0 saturated heterocycles. The molecular formula is C13H14F4N4S. The van der Waals surface area contributed by atoms with Gasteiger partial charge in [-0.2, -0.15) is 13.2 Å². The molecule has 0 aliphatic heterocycles. The van der Waals surface area contributed by atoms with Crippen molar-refractivity contribution in [2.75, 3.05) is 7.05 Å². The number of benzene rings is 1. The van der Waals surface area contributed by atoms with E-state index in [1.54, 1.807) is 18.7 Å². The van der Waals surface area contributed by atoms with Crippen LogP contribution in [0.2, 0.25) is 0 Å². The van der Waals surface area contributed by atoms with Crippen LogP contribution in [-0.4, -0.2) is 21.8 Å². The van der Waals surface area contributed by atoms with E-state index in [0.717, 1.165) is 17.8 Å². The Balaban J connectivity index is 2.21. The molecule has 2 aromatic rings. The molecule has 0 fully saturated rings. The number of thioether (sulfide) groups is 1. The summed E-state index contributed by atoms with van der Waals surface area (Å²) in [5.41, 5.74) is -1.34. The molecule has 0 unspecified atom stereocenters. The highest BCUT2D eigenvalue weighted by molar-refractivity contribution is 7.98. The largest absolute Gasteiger partial charge is 0.419 e. The molecule has 0 bridgehead atoms. The molecule has 4 nitrogen and oxygen atoms in total. The zero-order valence-corrected chi connectivity index (χ0v) is 12.7. The van der Waals surface area contributed by atoms with Gasteiger partial charge in [0.1, 0.15) is 11.6 Å². The molecule has 120 valence electrons. The van der Waals surface area contributed by atoms with Crippen molar-refractivity contribution in [3.8, 4) is 0 Å². The minimum Gasteiger partial charge on any atom is -0.313 e. The van der Waals surface area contributed by atoms with Gasteiger partial charge in [0, 0.05) is 12.8 Å². The van der Waals surface area contributed by atoms with Crippen molar-refractivity contribution in [1.29, 1.82) is 0 Å². The Labute approximate surface area is 128 Å². The second kappa shape index (κ2) is 6.66. The van der Waals surface area contributed by atoms with E-state index in [2.05, 4.69) is 15.5 Å². The van der Waals surface area contributed by atoms with Gasteiger partial charge >= 0.3 is 6.18 Å². The fourth-order valence-electron chi connectivity index (χ4n) is 1.93. The number of hydrogen-bond acceptors (Lipinski definition) is 4. The standard InChI is InChI=1S/C13H14F4N4S/c1-18-6-10-19-20-12(21(10)2)22-7-8-4-3-5-9(14)11(8)13(15,16)17/h3-5,18H,6-7H2,1-2H3. The van der Waals surface area contributed by atoms with Crippen LogP contribution in [0.15, 0.2) is 23.4 Å². The van der Waals surface area contributed by atoms with Gasteiger partial charge in [0.15, 0.2) is 5.16 Å². The van der Waals surface area contributed by atoms with Crippen LogP contribution in [0.5, 0.6) is 0 Å². The highest BCUT2D eigenvalue weighted by Crippen LogP contribution is 2.36. The average molecular weight is 334 g/mol. The molecule has 22 heavy (non-hydrogen) atoms. The molecular weight excluding hydrogens is 320 g/mol. The van der Waals surface area contributed by atoms with Crippen LogP contribution in [0.1, 0.15) is 17.0 Å². The smallest absolute Gasteiger partial charge is 0.313 e. The van der Waals surface area contributed by atoms with E-state index in [9.17, 15) is 17.6 Å². The first-order valence-corrected chi connectivity index (χ1v) is 7.33. The Bertz CT molecular complexity index is 654. The molecule has 1 aromatic heterocycles. The van der Waals surface area contributed by atoms with Crippen molar-refractivity contribution < 1.29 is 17.6 Å². The van der Waals surface area contributed by atoms with Gasteiger partial charge in [-0.25, -0.2) is 4.39 Å². The number of alkyl halides is 3. The predicted molar refractivity (Wildman–Crippen MR) is 74.7 cm³/mol. The van der Waals surface area contributed by atoms with Crippen LogP contribution in [0.4, 0.5) is 17.6 Å². The van der Waals surface area contributed by atoms with Gasteiger partial charge in [0.2, 0.25) is 0 Å². The highest BCUT2D eigenvalue weighted by Gasteiger charge is 2.36. The number of rotatable bonds is 5. The second-order valence-corrected chi connectivity index (χ2v) is 5.49. The normalized spacial score (nSPS) is 11.9. The minimum atomic E-state index is -4.72. The van der Waals surface area contributed by atoms with Crippen molar-refractivity contribution in [2.45, 2.75) is 23.6 Å². The van der Waals surface area contributed by atoms with E-state index in [1.807, 2.05) is 0 Å². The van der Waals surface area contributed by atoms with Crippen molar-refractivity contribution in [3.63, 3.8) is 0 Å². The zero-order valence-electron chi connectivity index (χ0n) is 11.9. The SMILES string of the molecule is CNCc1nnc(SCc2cccc(F)c2C(F)(F)F)n1C. The van der Waals surface area contributed by atoms with Crippen molar-refractivity contribution in [2.24, 2.45) is 7.05 Å². The maximum atomic E-state index is 13.5. The van der Waals surface area contributed by atoms with Crippen LogP contribution >= 0.6 is 11.8 Å². The quantitative estimate of drug-likeness (QED) is 0.674. The molecule has 1 aromatic carbocycles. The van der Waals surface area contributed by atoms with Crippen LogP contribution in [0.3, 0.4) is 0 Å². The topological polar surface area (TPSA) is 42.7 Å². The second-order valence-electron chi connectivity index (χ2n) is 4.55. The fourth-order valence-corrected chi connectivity index (χ4v) is 2.85. The van der Waals surface area contributed by atoms with Gasteiger partial charge in [-0.05, 0) is 18.7 Å². The van der Waals surface area contributed by atoms with Gasteiger partial charge in [-0.1, -0.05) is 23.9 Å². The van der Waals surface area contributed by atoms with E-state index in [-0.39, 0.29) is 11.3 Å². The molecule has 0 radical (unpaired) electrons. The molecule has 1 N–H and O–H groups in total. The molecule has 0 saturated carbocycles. The van der Waals surface area contributed by atoms with E-state index in [4.69, 9.17) is 0 Å². The summed E-state index contributed by atoms with van der Waals surface area (Å²) in [6, 6.07) is 3.34. The van der Waals surface area contributed by atoms with Gasteiger partial charge in [-0.15, -0.1) is 10.2 Å². The number of aromatic nitrogens is 3. The first kappa shape index (κ1) is 16.8. The van der Waals surface area contributed by atoms with Gasteiger partial charge in [0.25, 0.3) is 0 Å². The van der Waals surface area contributed by atoms with Gasteiger partial charge < -0.3 is 9.88 Å². The maximum absolute atomic E-state index is 13.5. The maximum Gasteiger partial charge on any atom is 0.419 e. The third kappa shape index (κ3) is 3.58. The molecule has 0 spiro atoms. The fraction of sp³-hybridized carbons (Fsp3) is 0.385. The summed E-state index contributed by atoms with van der Waals surface area (Å²) < 4.78 is 54.0. The highest BCUT2D eigenvalue weighted by atomic mass is 32.2. The molecule has 1 heterocycles. The molecule has 0 amide bonds. The number of nitrogens with zero attached hydrogens (tertiary/aromatic N) is 3. The van der Waals surface area contributed by atoms with Gasteiger partial charge in [0.05, 0.1) is 12.1 Å². The Morgan fingerprint density at radius 1 is 1.27 bits per heavy atom. The lowest BCUT2D eigenvalue weighted by molar-refractivity contribution is -0.140. The molecule has 0 aliphatic rings. The Hall–Kier alpha value is -1.61. The number of halogens is 4. The lowest BCUT2D eigenvalue weighted by Crippen LogP contribution is -2.12. The van der Waals surface area contributed by atoms with Gasteiger partial charge in [-0.3, -0.25) is 0 Å². The van der Waals surface area contributed by atoms with Crippen LogP contribution in [0, 0.1) is 5.82 Å². The molecule has 9 heteroatoms. The summed E-state index contributed by atoms with van der Waals surface area (Å²) in [7, 11) is 3.48. The number of nitrogens with one attached hydrogen (secondary N) is 1. The minimum absolute atomic E-state index is 0.0435. The van der Waals surface area contributed by atoms with Crippen LogP contribution in [-0.2, 0) is 25.5 Å². The Morgan fingerprint density at radius 3 is 2.64 bits per heavy atom. The summed E-state index contributed by atoms with van der Waals surface area (Å²) >= 11 is 1.08. The van der Waals surface area contributed by atoms with Crippen LogP contribution < -0.4 is 5.32 Å². The molecule has 2 rings (SSSR count). The Morgan fingerprint density at radius 2 is 2.00 bits per heavy atom. The summed E-state index contributed by atoms with van der Waals surface area (Å²) in [4.78, 5) is 0. The molecule has 0 atom stereocenters. The van der Waals surface area contributed by atoms with Crippen LogP contribution in [0.25, 0.3) is 0 Å². The first-order chi connectivity index (χ1) is 10.3. The third-order valence-electron chi connectivity index (χ3n) is 3.00. The van der Waals surface area contributed by atoms with Crippen molar-refractivity contribution in [3.05, 3.63) is 41.0 Å². The first-order valence-electron chi connectivity index (χ1n) is 6.35. The monoisotopic (exact) mass is 334 g/mol. The van der Waals surface area contributed by atoms with E-state index < -0.39 is 17.6 Å². The molecule has 0 aliphatic carbocycles. The van der Waals surface area contributed by atoms with E-state index in [0.29, 0.717) is 17.5 Å². The summed E-state index contributed by atoms with van der Waals surface area (Å²) in [6.45, 7) is 0.498. The lowest BCUT2D eigenvalue weighted by atomic mass is 10.1. The van der Waals surface area contributed by atoms with E-state index in [1.165, 1.54) is 12.1 Å².